The highest BCUT2D eigenvalue weighted by Gasteiger charge is 2.22. The maximum atomic E-state index is 14.0. The summed E-state index contributed by atoms with van der Waals surface area (Å²) < 4.78 is 19.3. The molecular formula is C16H18FN3O2. The lowest BCUT2D eigenvalue weighted by Gasteiger charge is -2.28. The number of benzene rings is 1. The molecule has 0 spiro atoms. The molecule has 0 radical (unpaired) electrons. The first kappa shape index (κ1) is 14.7. The zero-order valence-electron chi connectivity index (χ0n) is 12.6. The summed E-state index contributed by atoms with van der Waals surface area (Å²) in [5.41, 5.74) is 1.99. The molecule has 6 heteroatoms. The summed E-state index contributed by atoms with van der Waals surface area (Å²) in [6.07, 6.45) is 0.620. The Kier molecular flexibility index (Phi) is 3.94. The van der Waals surface area contributed by atoms with E-state index in [-0.39, 0.29) is 11.4 Å². The highest BCUT2D eigenvalue weighted by atomic mass is 19.1. The second-order valence-electron chi connectivity index (χ2n) is 5.46. The van der Waals surface area contributed by atoms with Gasteiger partial charge in [-0.3, -0.25) is 9.69 Å². The van der Waals surface area contributed by atoms with E-state index >= 15 is 0 Å². The van der Waals surface area contributed by atoms with Gasteiger partial charge in [-0.05, 0) is 25.5 Å². The summed E-state index contributed by atoms with van der Waals surface area (Å²) in [5, 5.41) is 0. The molecule has 1 aromatic heterocycles. The monoisotopic (exact) mass is 303 g/mol. The van der Waals surface area contributed by atoms with Crippen LogP contribution in [0.25, 0.3) is 0 Å². The minimum atomic E-state index is -0.278. The Morgan fingerprint density at radius 3 is 3.05 bits per heavy atom. The number of aromatic amines is 1. The third-order valence-corrected chi connectivity index (χ3v) is 3.95. The summed E-state index contributed by atoms with van der Waals surface area (Å²) in [7, 11) is 1.54. The second-order valence-corrected chi connectivity index (χ2v) is 5.46. The third-order valence-electron chi connectivity index (χ3n) is 3.95. The Balaban J connectivity index is 1.86. The van der Waals surface area contributed by atoms with Gasteiger partial charge in [0.1, 0.15) is 17.4 Å². The van der Waals surface area contributed by atoms with Crippen molar-refractivity contribution in [2.24, 2.45) is 0 Å². The Labute approximate surface area is 127 Å². The van der Waals surface area contributed by atoms with Gasteiger partial charge < -0.3 is 9.72 Å². The predicted octanol–water partition coefficient (Wildman–Crippen LogP) is 1.78. The molecule has 5 nitrogen and oxygen atoms in total. The number of ether oxygens (including phenoxy) is 1. The maximum absolute atomic E-state index is 14.0. The molecule has 2 heterocycles. The van der Waals surface area contributed by atoms with Crippen LogP contribution in [0.4, 0.5) is 4.39 Å². The molecule has 1 aliphatic heterocycles. The van der Waals surface area contributed by atoms with E-state index in [2.05, 4.69) is 14.9 Å². The Morgan fingerprint density at radius 1 is 1.45 bits per heavy atom. The molecule has 3 rings (SSSR count). The van der Waals surface area contributed by atoms with E-state index in [0.29, 0.717) is 43.2 Å². The minimum absolute atomic E-state index is 0.0642. The first-order valence-corrected chi connectivity index (χ1v) is 7.21. The smallest absolute Gasteiger partial charge is 0.254 e. The largest absolute Gasteiger partial charge is 0.496 e. The summed E-state index contributed by atoms with van der Waals surface area (Å²) >= 11 is 0. The fourth-order valence-corrected chi connectivity index (χ4v) is 2.86. The van der Waals surface area contributed by atoms with Crippen LogP contribution >= 0.6 is 0 Å². The van der Waals surface area contributed by atoms with Gasteiger partial charge in [0, 0.05) is 30.8 Å². The van der Waals surface area contributed by atoms with Crippen LogP contribution in [0.3, 0.4) is 0 Å². The van der Waals surface area contributed by atoms with Crippen LogP contribution in [-0.4, -0.2) is 28.5 Å². The quantitative estimate of drug-likeness (QED) is 0.939. The lowest BCUT2D eigenvalue weighted by molar-refractivity contribution is 0.233. The van der Waals surface area contributed by atoms with Crippen molar-refractivity contribution in [3.05, 3.63) is 57.0 Å². The van der Waals surface area contributed by atoms with Crippen molar-refractivity contribution < 1.29 is 9.13 Å². The molecule has 0 atom stereocenters. The highest BCUT2D eigenvalue weighted by Crippen LogP contribution is 2.25. The number of fused-ring (bicyclic) bond motifs is 1. The number of nitrogens with zero attached hydrogens (tertiary/aromatic N) is 2. The summed E-state index contributed by atoms with van der Waals surface area (Å²) in [4.78, 5) is 21.1. The van der Waals surface area contributed by atoms with Crippen LogP contribution in [0, 0.1) is 12.7 Å². The topological polar surface area (TPSA) is 58.2 Å². The standard InChI is InChI=1S/C16H18FN3O2/c1-10-18-14-9-20(7-6-11(14)16(21)19-10)8-12-13(17)4-3-5-15(12)22-2/h3-5H,6-9H2,1-2H3,(H,18,19,21). The second kappa shape index (κ2) is 5.88. The average Bonchev–Trinajstić information content (AvgIpc) is 2.48. The molecule has 0 aliphatic carbocycles. The van der Waals surface area contributed by atoms with Crippen molar-refractivity contribution in [3.63, 3.8) is 0 Å². The molecule has 0 amide bonds. The van der Waals surface area contributed by atoms with Crippen LogP contribution < -0.4 is 10.3 Å². The van der Waals surface area contributed by atoms with Crippen LogP contribution in [0.5, 0.6) is 5.75 Å². The average molecular weight is 303 g/mol. The van der Waals surface area contributed by atoms with E-state index in [9.17, 15) is 9.18 Å². The lowest BCUT2D eigenvalue weighted by Crippen LogP contribution is -2.35. The summed E-state index contributed by atoms with van der Waals surface area (Å²) in [5.74, 6) is 0.870. The molecule has 1 aliphatic rings. The van der Waals surface area contributed by atoms with Gasteiger partial charge in [-0.2, -0.15) is 0 Å². The number of nitrogens with one attached hydrogen (secondary N) is 1. The highest BCUT2D eigenvalue weighted by molar-refractivity contribution is 5.35. The number of methoxy groups -OCH3 is 1. The molecule has 22 heavy (non-hydrogen) atoms. The zero-order chi connectivity index (χ0) is 15.7. The van der Waals surface area contributed by atoms with Crippen molar-refractivity contribution in [3.8, 4) is 5.75 Å². The third kappa shape index (κ3) is 2.74. The number of aromatic nitrogens is 2. The zero-order valence-corrected chi connectivity index (χ0v) is 12.6. The molecule has 0 saturated heterocycles. The fourth-order valence-electron chi connectivity index (χ4n) is 2.86. The van der Waals surface area contributed by atoms with E-state index in [4.69, 9.17) is 4.74 Å². The van der Waals surface area contributed by atoms with Crippen molar-refractivity contribution in [1.82, 2.24) is 14.9 Å². The van der Waals surface area contributed by atoms with Gasteiger partial charge in [0.05, 0.1) is 12.8 Å². The summed E-state index contributed by atoms with van der Waals surface area (Å²) in [6.45, 7) is 3.43. The van der Waals surface area contributed by atoms with E-state index < -0.39 is 0 Å². The molecular weight excluding hydrogens is 285 g/mol. The van der Waals surface area contributed by atoms with Gasteiger partial charge in [-0.1, -0.05) is 6.07 Å². The predicted molar refractivity (Wildman–Crippen MR) is 80.4 cm³/mol. The lowest BCUT2D eigenvalue weighted by atomic mass is 10.1. The van der Waals surface area contributed by atoms with Gasteiger partial charge in [0.15, 0.2) is 0 Å². The van der Waals surface area contributed by atoms with Gasteiger partial charge >= 0.3 is 0 Å². The molecule has 1 N–H and O–H groups in total. The molecule has 0 bridgehead atoms. The van der Waals surface area contributed by atoms with Crippen molar-refractivity contribution in [2.45, 2.75) is 26.4 Å². The van der Waals surface area contributed by atoms with Crippen molar-refractivity contribution in [2.75, 3.05) is 13.7 Å². The van der Waals surface area contributed by atoms with E-state index in [0.717, 1.165) is 11.3 Å². The molecule has 116 valence electrons. The van der Waals surface area contributed by atoms with Crippen LogP contribution in [-0.2, 0) is 19.5 Å². The van der Waals surface area contributed by atoms with Gasteiger partial charge in [0.25, 0.3) is 5.56 Å². The van der Waals surface area contributed by atoms with Crippen LogP contribution in [0.1, 0.15) is 22.6 Å². The number of aryl methyl sites for hydroxylation is 1. The van der Waals surface area contributed by atoms with Crippen molar-refractivity contribution in [1.29, 1.82) is 0 Å². The number of H-pyrrole nitrogens is 1. The number of halogens is 1. The molecule has 0 saturated carbocycles. The number of hydrogen-bond acceptors (Lipinski definition) is 4. The minimum Gasteiger partial charge on any atom is -0.496 e. The molecule has 1 aromatic carbocycles. The normalized spacial score (nSPS) is 14.7. The van der Waals surface area contributed by atoms with E-state index in [1.54, 1.807) is 19.1 Å². The van der Waals surface area contributed by atoms with Crippen molar-refractivity contribution >= 4 is 0 Å². The molecule has 0 fully saturated rings. The van der Waals surface area contributed by atoms with Gasteiger partial charge in [0.2, 0.25) is 0 Å². The number of hydrogen-bond donors (Lipinski definition) is 1. The van der Waals surface area contributed by atoms with E-state index in [1.165, 1.54) is 13.2 Å². The van der Waals surface area contributed by atoms with Gasteiger partial charge in [-0.25, -0.2) is 9.37 Å². The Morgan fingerprint density at radius 2 is 2.27 bits per heavy atom. The number of rotatable bonds is 3. The fraction of sp³-hybridized carbons (Fsp3) is 0.375. The SMILES string of the molecule is COc1cccc(F)c1CN1CCc2c(nc(C)[nH]c2=O)C1. The summed E-state index contributed by atoms with van der Waals surface area (Å²) in [6, 6.07) is 4.82. The first-order valence-electron chi connectivity index (χ1n) is 7.21. The molecule has 0 unspecified atom stereocenters. The Hall–Kier alpha value is -2.21. The first-order chi connectivity index (χ1) is 10.6. The van der Waals surface area contributed by atoms with E-state index in [1.807, 2.05) is 0 Å². The van der Waals surface area contributed by atoms with Crippen LogP contribution in [0.15, 0.2) is 23.0 Å². The Bertz CT molecular complexity index is 758. The molecule has 2 aromatic rings. The van der Waals surface area contributed by atoms with Crippen LogP contribution in [0.2, 0.25) is 0 Å². The van der Waals surface area contributed by atoms with Gasteiger partial charge in [-0.15, -0.1) is 0 Å². The maximum Gasteiger partial charge on any atom is 0.254 e.